The first kappa shape index (κ1) is 19.1. The van der Waals surface area contributed by atoms with Crippen LogP contribution in [0.1, 0.15) is 32.1 Å². The molecule has 0 aromatic heterocycles. The third-order valence-electron chi connectivity index (χ3n) is 6.26. The van der Waals surface area contributed by atoms with Crippen molar-refractivity contribution in [3.8, 4) is 5.75 Å². The molecule has 2 amide bonds. The molecule has 7 heteroatoms. The number of fused-ring (bicyclic) bond motifs is 1. The van der Waals surface area contributed by atoms with Crippen molar-refractivity contribution in [2.75, 3.05) is 38.2 Å². The molecular weight excluding hydrogens is 356 g/mol. The summed E-state index contributed by atoms with van der Waals surface area (Å²) >= 11 is 0. The van der Waals surface area contributed by atoms with Gasteiger partial charge in [-0.05, 0) is 25.0 Å². The number of piperazine rings is 2. The van der Waals surface area contributed by atoms with Gasteiger partial charge in [0.2, 0.25) is 11.8 Å². The van der Waals surface area contributed by atoms with E-state index in [-0.39, 0.29) is 24.3 Å². The van der Waals surface area contributed by atoms with Crippen molar-refractivity contribution in [3.63, 3.8) is 0 Å². The van der Waals surface area contributed by atoms with Crippen LogP contribution in [0.2, 0.25) is 0 Å². The largest absolute Gasteiger partial charge is 0.495 e. The SMILES string of the molecule is COc1ccccc1N1CCN(C(=O)C[C@@H]2N[C@H]3CCCC[C@@H]3NC2=O)CC1. The van der Waals surface area contributed by atoms with E-state index >= 15 is 0 Å². The fraction of sp³-hybridized carbons (Fsp3) is 0.619. The Morgan fingerprint density at radius 1 is 1.11 bits per heavy atom. The summed E-state index contributed by atoms with van der Waals surface area (Å²) in [4.78, 5) is 29.3. The number of amides is 2. The van der Waals surface area contributed by atoms with Gasteiger partial charge in [-0.25, -0.2) is 0 Å². The second-order valence-corrected chi connectivity index (χ2v) is 7.97. The van der Waals surface area contributed by atoms with E-state index < -0.39 is 6.04 Å². The van der Waals surface area contributed by atoms with Crippen LogP contribution >= 0.6 is 0 Å². The number of rotatable bonds is 4. The van der Waals surface area contributed by atoms with Gasteiger partial charge in [-0.15, -0.1) is 0 Å². The van der Waals surface area contributed by atoms with Gasteiger partial charge in [0.1, 0.15) is 5.75 Å². The Bertz CT molecular complexity index is 717. The summed E-state index contributed by atoms with van der Waals surface area (Å²) < 4.78 is 5.45. The molecule has 0 unspecified atom stereocenters. The summed E-state index contributed by atoms with van der Waals surface area (Å²) in [5.41, 5.74) is 1.06. The lowest BCUT2D eigenvalue weighted by atomic mass is 9.87. The molecule has 2 saturated heterocycles. The molecule has 1 aliphatic carbocycles. The molecule has 7 nitrogen and oxygen atoms in total. The topological polar surface area (TPSA) is 73.9 Å². The molecule has 152 valence electrons. The van der Waals surface area contributed by atoms with Gasteiger partial charge in [-0.1, -0.05) is 25.0 Å². The van der Waals surface area contributed by atoms with E-state index in [9.17, 15) is 9.59 Å². The van der Waals surface area contributed by atoms with Gasteiger partial charge in [0.05, 0.1) is 25.3 Å². The van der Waals surface area contributed by atoms with Crippen LogP contribution in [-0.4, -0.2) is 68.1 Å². The minimum Gasteiger partial charge on any atom is -0.495 e. The summed E-state index contributed by atoms with van der Waals surface area (Å²) in [7, 11) is 1.68. The van der Waals surface area contributed by atoms with Crippen LogP contribution in [0.5, 0.6) is 5.75 Å². The lowest BCUT2D eigenvalue weighted by Gasteiger charge is -2.41. The van der Waals surface area contributed by atoms with Crippen LogP contribution < -0.4 is 20.3 Å². The Balaban J connectivity index is 1.31. The zero-order valence-corrected chi connectivity index (χ0v) is 16.5. The first-order chi connectivity index (χ1) is 13.7. The molecule has 1 aromatic rings. The van der Waals surface area contributed by atoms with Crippen LogP contribution in [0.15, 0.2) is 24.3 Å². The van der Waals surface area contributed by atoms with E-state index in [2.05, 4.69) is 15.5 Å². The van der Waals surface area contributed by atoms with E-state index in [1.165, 1.54) is 12.8 Å². The highest BCUT2D eigenvalue weighted by molar-refractivity contribution is 5.89. The number of hydrogen-bond donors (Lipinski definition) is 2. The number of carbonyl (C=O) groups is 2. The lowest BCUT2D eigenvalue weighted by molar-refractivity contribution is -0.136. The van der Waals surface area contributed by atoms with Crippen LogP contribution in [0.3, 0.4) is 0 Å². The monoisotopic (exact) mass is 386 g/mol. The highest BCUT2D eigenvalue weighted by Crippen LogP contribution is 2.28. The van der Waals surface area contributed by atoms with Crippen LogP contribution in [-0.2, 0) is 9.59 Å². The van der Waals surface area contributed by atoms with Crippen molar-refractivity contribution in [2.45, 2.75) is 50.2 Å². The predicted octanol–water partition coefficient (Wildman–Crippen LogP) is 1.13. The Morgan fingerprint density at radius 3 is 2.57 bits per heavy atom. The number of nitrogens with one attached hydrogen (secondary N) is 2. The van der Waals surface area contributed by atoms with E-state index in [1.54, 1.807) is 7.11 Å². The third kappa shape index (κ3) is 3.94. The van der Waals surface area contributed by atoms with Crippen LogP contribution in [0, 0.1) is 0 Å². The number of benzene rings is 1. The number of hydrogen-bond acceptors (Lipinski definition) is 5. The predicted molar refractivity (Wildman–Crippen MR) is 108 cm³/mol. The maximum absolute atomic E-state index is 12.8. The van der Waals surface area contributed by atoms with Crippen LogP contribution in [0.25, 0.3) is 0 Å². The summed E-state index contributed by atoms with van der Waals surface area (Å²) in [6.07, 6.45) is 4.71. The Morgan fingerprint density at radius 2 is 1.82 bits per heavy atom. The molecule has 2 heterocycles. The van der Waals surface area contributed by atoms with Gasteiger partial charge >= 0.3 is 0 Å². The molecule has 0 bridgehead atoms. The number of methoxy groups -OCH3 is 1. The number of carbonyl (C=O) groups excluding carboxylic acids is 2. The maximum atomic E-state index is 12.8. The molecule has 28 heavy (non-hydrogen) atoms. The molecule has 1 saturated carbocycles. The second-order valence-electron chi connectivity index (χ2n) is 7.97. The van der Waals surface area contributed by atoms with Crippen molar-refractivity contribution in [1.82, 2.24) is 15.5 Å². The fourth-order valence-corrected chi connectivity index (χ4v) is 4.66. The number of anilines is 1. The number of nitrogens with zero attached hydrogens (tertiary/aromatic N) is 2. The Kier molecular flexibility index (Phi) is 5.71. The van der Waals surface area contributed by atoms with Gasteiger partial charge < -0.3 is 25.2 Å². The average molecular weight is 386 g/mol. The Hall–Kier alpha value is -2.28. The molecule has 0 spiro atoms. The van der Waals surface area contributed by atoms with Gasteiger partial charge in [-0.2, -0.15) is 0 Å². The molecule has 3 aliphatic rings. The molecular formula is C21H30N4O3. The van der Waals surface area contributed by atoms with E-state index in [4.69, 9.17) is 4.74 Å². The Labute approximate surface area is 166 Å². The van der Waals surface area contributed by atoms with Gasteiger partial charge in [0.15, 0.2) is 0 Å². The maximum Gasteiger partial charge on any atom is 0.237 e. The standard InChI is InChI=1S/C21H30N4O3/c1-28-19-9-5-4-8-18(19)24-10-12-25(13-11-24)20(26)14-17-21(27)23-16-7-3-2-6-15(16)22-17/h4-5,8-9,15-17,22H,2-3,6-7,10-14H2,1H3,(H,23,27)/t15-,16-,17-/m0/s1. The van der Waals surface area contributed by atoms with E-state index in [0.29, 0.717) is 19.1 Å². The molecule has 3 atom stereocenters. The third-order valence-corrected chi connectivity index (χ3v) is 6.26. The zero-order chi connectivity index (χ0) is 19.5. The number of para-hydroxylation sites is 2. The molecule has 3 fully saturated rings. The molecule has 1 aromatic carbocycles. The summed E-state index contributed by atoms with van der Waals surface area (Å²) in [6, 6.07) is 8.11. The molecule has 4 rings (SSSR count). The smallest absolute Gasteiger partial charge is 0.237 e. The molecule has 2 aliphatic heterocycles. The molecule has 2 N–H and O–H groups in total. The minimum atomic E-state index is -0.404. The quantitative estimate of drug-likeness (QED) is 0.812. The van der Waals surface area contributed by atoms with Gasteiger partial charge in [0, 0.05) is 38.3 Å². The summed E-state index contributed by atoms with van der Waals surface area (Å²) in [5.74, 6) is 0.887. The first-order valence-electron chi connectivity index (χ1n) is 10.4. The van der Waals surface area contributed by atoms with Crippen molar-refractivity contribution < 1.29 is 14.3 Å². The first-order valence-corrected chi connectivity index (χ1v) is 10.4. The average Bonchev–Trinajstić information content (AvgIpc) is 2.74. The van der Waals surface area contributed by atoms with Gasteiger partial charge in [-0.3, -0.25) is 9.59 Å². The minimum absolute atomic E-state index is 0.0239. The summed E-state index contributed by atoms with van der Waals surface area (Å²) in [6.45, 7) is 2.86. The normalized spacial score (nSPS) is 27.8. The van der Waals surface area contributed by atoms with Crippen molar-refractivity contribution in [3.05, 3.63) is 24.3 Å². The van der Waals surface area contributed by atoms with Crippen LogP contribution in [0.4, 0.5) is 5.69 Å². The number of ether oxygens (including phenoxy) is 1. The summed E-state index contributed by atoms with van der Waals surface area (Å²) in [5, 5.41) is 6.56. The fourth-order valence-electron chi connectivity index (χ4n) is 4.66. The van der Waals surface area contributed by atoms with Crippen molar-refractivity contribution >= 4 is 17.5 Å². The highest BCUT2D eigenvalue weighted by Gasteiger charge is 2.37. The highest BCUT2D eigenvalue weighted by atomic mass is 16.5. The molecule has 0 radical (unpaired) electrons. The zero-order valence-electron chi connectivity index (χ0n) is 16.5. The van der Waals surface area contributed by atoms with Crippen molar-refractivity contribution in [1.29, 1.82) is 0 Å². The van der Waals surface area contributed by atoms with Crippen molar-refractivity contribution in [2.24, 2.45) is 0 Å². The van der Waals surface area contributed by atoms with Gasteiger partial charge in [0.25, 0.3) is 0 Å². The van der Waals surface area contributed by atoms with E-state index in [1.807, 2.05) is 29.2 Å². The lowest BCUT2D eigenvalue weighted by Crippen LogP contribution is -2.65. The van der Waals surface area contributed by atoms with E-state index in [0.717, 1.165) is 37.4 Å². The second kappa shape index (κ2) is 8.39.